The Morgan fingerprint density at radius 3 is 2.32 bits per heavy atom. The molecule has 2 aliphatic carbocycles. The van der Waals surface area contributed by atoms with E-state index >= 15 is 0 Å². The highest BCUT2D eigenvalue weighted by atomic mass is 32.2. The Bertz CT molecular complexity index is 771. The number of carbonyl (C=O) groups excluding carboxylic acids is 2. The zero-order valence-electron chi connectivity index (χ0n) is 19.6. The lowest BCUT2D eigenvalue weighted by molar-refractivity contribution is -0.142. The van der Waals surface area contributed by atoms with E-state index in [1.165, 1.54) is 4.31 Å². The summed E-state index contributed by atoms with van der Waals surface area (Å²) in [7, 11) is -0.0338. The normalized spacial score (nSPS) is 34.4. The monoisotopic (exact) mass is 457 g/mol. The van der Waals surface area contributed by atoms with Gasteiger partial charge in [0.25, 0.3) is 0 Å². The van der Waals surface area contributed by atoms with Gasteiger partial charge >= 0.3 is 6.09 Å². The Kier molecular flexibility index (Phi) is 7.56. The van der Waals surface area contributed by atoms with E-state index in [-0.39, 0.29) is 35.4 Å². The molecular weight excluding hydrogens is 418 g/mol. The van der Waals surface area contributed by atoms with Gasteiger partial charge in [0, 0.05) is 33.6 Å². The second kappa shape index (κ2) is 9.65. The largest absolute Gasteiger partial charge is 0.450 e. The summed E-state index contributed by atoms with van der Waals surface area (Å²) in [6, 6.07) is -0.0977. The van der Waals surface area contributed by atoms with Crippen molar-refractivity contribution in [2.24, 2.45) is 11.8 Å². The van der Waals surface area contributed by atoms with Crippen molar-refractivity contribution in [1.29, 1.82) is 0 Å². The molecule has 3 aliphatic rings. The maximum atomic E-state index is 12.7. The van der Waals surface area contributed by atoms with E-state index in [0.717, 1.165) is 38.5 Å². The molecule has 31 heavy (non-hydrogen) atoms. The first-order valence-electron chi connectivity index (χ1n) is 11.7. The van der Waals surface area contributed by atoms with Crippen LogP contribution < -0.4 is 0 Å². The Hall–Kier alpha value is -1.35. The van der Waals surface area contributed by atoms with Gasteiger partial charge in [0.05, 0.1) is 23.9 Å². The first kappa shape index (κ1) is 24.3. The minimum atomic E-state index is -3.26. The third-order valence-electron chi connectivity index (χ3n) is 7.64. The number of amides is 2. The Morgan fingerprint density at radius 1 is 1.03 bits per heavy atom. The van der Waals surface area contributed by atoms with Crippen molar-refractivity contribution in [1.82, 2.24) is 14.1 Å². The molecule has 1 heterocycles. The number of hydrogen-bond acceptors (Lipinski definition) is 5. The third kappa shape index (κ3) is 4.87. The zero-order chi connectivity index (χ0) is 22.9. The van der Waals surface area contributed by atoms with E-state index < -0.39 is 10.0 Å². The van der Waals surface area contributed by atoms with Crippen LogP contribution in [0, 0.1) is 11.8 Å². The van der Waals surface area contributed by atoms with Gasteiger partial charge in [-0.15, -0.1) is 0 Å². The van der Waals surface area contributed by atoms with Gasteiger partial charge in [0.2, 0.25) is 15.9 Å². The van der Waals surface area contributed by atoms with Gasteiger partial charge in [-0.25, -0.2) is 17.5 Å². The molecule has 0 N–H and O–H groups in total. The second-order valence-corrected chi connectivity index (χ2v) is 12.1. The van der Waals surface area contributed by atoms with E-state index in [4.69, 9.17) is 4.74 Å². The molecule has 1 saturated heterocycles. The molecule has 2 saturated carbocycles. The van der Waals surface area contributed by atoms with Crippen LogP contribution in [0.3, 0.4) is 0 Å². The van der Waals surface area contributed by atoms with Gasteiger partial charge < -0.3 is 14.5 Å². The first-order chi connectivity index (χ1) is 14.6. The molecular formula is C22H39N3O5S. The highest BCUT2D eigenvalue weighted by molar-refractivity contribution is 7.89. The summed E-state index contributed by atoms with van der Waals surface area (Å²) in [4.78, 5) is 28.9. The molecule has 0 aromatic heterocycles. The summed E-state index contributed by atoms with van der Waals surface area (Å²) in [5.41, 5.74) is 0. The maximum absolute atomic E-state index is 12.7. The summed E-state index contributed by atoms with van der Waals surface area (Å²) in [6.45, 7) is 6.22. The molecule has 0 aromatic carbocycles. The van der Waals surface area contributed by atoms with Crippen LogP contribution in [0.2, 0.25) is 0 Å². The minimum Gasteiger partial charge on any atom is -0.450 e. The maximum Gasteiger partial charge on any atom is 0.410 e. The number of hydrogen-bond donors (Lipinski definition) is 0. The van der Waals surface area contributed by atoms with Crippen LogP contribution in [0.25, 0.3) is 0 Å². The molecule has 0 bridgehead atoms. The molecule has 1 aliphatic heterocycles. The molecule has 0 aromatic rings. The van der Waals surface area contributed by atoms with Crippen molar-refractivity contribution in [3.8, 4) is 0 Å². The van der Waals surface area contributed by atoms with E-state index in [1.54, 1.807) is 21.0 Å². The summed E-state index contributed by atoms with van der Waals surface area (Å²) >= 11 is 0. The zero-order valence-corrected chi connectivity index (χ0v) is 20.4. The fraction of sp³-hybridized carbons (Fsp3) is 0.909. The second-order valence-electron chi connectivity index (χ2n) is 9.71. The lowest BCUT2D eigenvalue weighted by Gasteiger charge is -2.54. The van der Waals surface area contributed by atoms with Crippen molar-refractivity contribution in [3.63, 3.8) is 0 Å². The van der Waals surface area contributed by atoms with Gasteiger partial charge in [-0.1, -0.05) is 12.8 Å². The molecule has 3 fully saturated rings. The summed E-state index contributed by atoms with van der Waals surface area (Å²) in [6.07, 6.45) is 5.68. The smallest absolute Gasteiger partial charge is 0.410 e. The average Bonchev–Trinajstić information content (AvgIpc) is 2.72. The summed E-state index contributed by atoms with van der Waals surface area (Å²) in [5.74, 6) is 0.753. The molecule has 6 atom stereocenters. The number of carbonyl (C=O) groups is 2. The van der Waals surface area contributed by atoms with Crippen LogP contribution in [-0.2, 0) is 19.6 Å². The molecule has 8 nitrogen and oxygen atoms in total. The van der Waals surface area contributed by atoms with Crippen LogP contribution in [-0.4, -0.2) is 85.1 Å². The van der Waals surface area contributed by atoms with Gasteiger partial charge in [-0.05, 0) is 57.8 Å². The topological polar surface area (TPSA) is 87.2 Å². The first-order valence-corrected chi connectivity index (χ1v) is 13.2. The number of rotatable bonds is 4. The van der Waals surface area contributed by atoms with E-state index in [1.807, 2.05) is 23.6 Å². The third-order valence-corrected chi connectivity index (χ3v) is 9.93. The number of nitrogens with zero attached hydrogens (tertiary/aromatic N) is 3. The number of ether oxygens (including phenoxy) is 1. The number of fused-ring (bicyclic) bond motifs is 1. The lowest BCUT2D eigenvalue weighted by Crippen LogP contribution is -2.67. The van der Waals surface area contributed by atoms with Crippen LogP contribution in [0.1, 0.15) is 65.7 Å². The molecule has 0 spiro atoms. The van der Waals surface area contributed by atoms with Crippen LogP contribution >= 0.6 is 0 Å². The van der Waals surface area contributed by atoms with Crippen molar-refractivity contribution in [2.45, 2.75) is 89.1 Å². The predicted octanol–water partition coefficient (Wildman–Crippen LogP) is 2.68. The van der Waals surface area contributed by atoms with Gasteiger partial charge in [0.1, 0.15) is 0 Å². The standard InChI is InChI=1S/C22H39N3O5S/c1-6-30-22(27)24-14-15(2)25(16(3)26)20-11-10-18(13-21(20)24)17-8-7-9-19(12-17)31(28,29)23(4)5/h15,17-21H,6-14H2,1-5H3/t15-,17?,18?,19?,20?,21?/m0/s1. The van der Waals surface area contributed by atoms with E-state index in [2.05, 4.69) is 0 Å². The number of piperazine rings is 1. The van der Waals surface area contributed by atoms with E-state index in [0.29, 0.717) is 31.4 Å². The fourth-order valence-electron chi connectivity index (χ4n) is 6.22. The van der Waals surface area contributed by atoms with Crippen molar-refractivity contribution >= 4 is 22.0 Å². The van der Waals surface area contributed by atoms with Crippen LogP contribution in [0.4, 0.5) is 4.79 Å². The Morgan fingerprint density at radius 2 is 1.71 bits per heavy atom. The van der Waals surface area contributed by atoms with Crippen molar-refractivity contribution in [3.05, 3.63) is 0 Å². The fourth-order valence-corrected chi connectivity index (χ4v) is 7.77. The minimum absolute atomic E-state index is 0.00630. The van der Waals surface area contributed by atoms with Crippen LogP contribution in [0.5, 0.6) is 0 Å². The summed E-state index contributed by atoms with van der Waals surface area (Å²) < 4.78 is 32.1. The van der Waals surface area contributed by atoms with E-state index in [9.17, 15) is 18.0 Å². The highest BCUT2D eigenvalue weighted by Crippen LogP contribution is 2.44. The Balaban J connectivity index is 1.79. The van der Waals surface area contributed by atoms with Gasteiger partial charge in [-0.3, -0.25) is 4.79 Å². The lowest BCUT2D eigenvalue weighted by atomic mass is 9.69. The Labute approximate surface area is 187 Å². The van der Waals surface area contributed by atoms with Gasteiger partial charge in [0.15, 0.2) is 0 Å². The molecule has 2 amide bonds. The summed E-state index contributed by atoms with van der Waals surface area (Å²) in [5, 5.41) is -0.319. The number of sulfonamides is 1. The highest BCUT2D eigenvalue weighted by Gasteiger charge is 2.48. The predicted molar refractivity (Wildman–Crippen MR) is 119 cm³/mol. The van der Waals surface area contributed by atoms with Crippen LogP contribution in [0.15, 0.2) is 0 Å². The van der Waals surface area contributed by atoms with Crippen molar-refractivity contribution < 1.29 is 22.7 Å². The molecule has 178 valence electrons. The molecule has 5 unspecified atom stereocenters. The average molecular weight is 458 g/mol. The molecule has 9 heteroatoms. The quantitative estimate of drug-likeness (QED) is 0.648. The van der Waals surface area contributed by atoms with Crippen molar-refractivity contribution in [2.75, 3.05) is 27.2 Å². The molecule has 3 rings (SSSR count). The SMILES string of the molecule is CCOC(=O)N1C[C@H](C)N(C(C)=O)C2CCC(C3CCCC(S(=O)(=O)N(C)C)C3)CC21. The van der Waals surface area contributed by atoms with Gasteiger partial charge in [-0.2, -0.15) is 0 Å². The molecule has 0 radical (unpaired) electrons.